The highest BCUT2D eigenvalue weighted by Gasteiger charge is 2.34. The van der Waals surface area contributed by atoms with E-state index < -0.39 is 28.5 Å². The third-order valence-electron chi connectivity index (χ3n) is 6.81. The molecule has 3 aromatic carbocycles. The van der Waals surface area contributed by atoms with E-state index in [0.717, 1.165) is 21.9 Å². The van der Waals surface area contributed by atoms with E-state index in [-0.39, 0.29) is 29.1 Å². The number of nitrogens with zero attached hydrogens (tertiary/aromatic N) is 2. The Morgan fingerprint density at radius 2 is 1.52 bits per heavy atom. The summed E-state index contributed by atoms with van der Waals surface area (Å²) in [6, 6.07) is 21.4. The zero-order valence-corrected chi connectivity index (χ0v) is 24.6. The molecule has 0 spiro atoms. The first-order chi connectivity index (χ1) is 19.1. The van der Waals surface area contributed by atoms with Gasteiger partial charge in [0.2, 0.25) is 11.8 Å². The average molecular weight is 566 g/mol. The molecule has 1 N–H and O–H groups in total. The van der Waals surface area contributed by atoms with Gasteiger partial charge >= 0.3 is 0 Å². The van der Waals surface area contributed by atoms with Crippen LogP contribution in [0.1, 0.15) is 45.2 Å². The zero-order valence-electron chi connectivity index (χ0n) is 23.8. The Hall–Kier alpha value is -3.85. The Labute approximate surface area is 238 Å². The SMILES string of the molecule is CCOc1ccccc1N(CC(=O)N(Cc1ccccc1C)[C@@H](C)C(=O)N[C@@H](C)CC)S(=O)(=O)c1ccccc1. The smallest absolute Gasteiger partial charge is 0.264 e. The van der Waals surface area contributed by atoms with Crippen LogP contribution in [0.15, 0.2) is 83.8 Å². The van der Waals surface area contributed by atoms with E-state index in [1.807, 2.05) is 45.0 Å². The van der Waals surface area contributed by atoms with Crippen LogP contribution in [0.5, 0.6) is 5.75 Å². The van der Waals surface area contributed by atoms with E-state index in [4.69, 9.17) is 4.74 Å². The van der Waals surface area contributed by atoms with E-state index in [1.54, 1.807) is 56.3 Å². The van der Waals surface area contributed by atoms with Crippen molar-refractivity contribution in [3.8, 4) is 5.75 Å². The van der Waals surface area contributed by atoms with Crippen LogP contribution < -0.4 is 14.4 Å². The molecular formula is C31H39N3O5S. The van der Waals surface area contributed by atoms with Crippen molar-refractivity contribution in [2.45, 2.75) is 64.6 Å². The number of amides is 2. The number of hydrogen-bond acceptors (Lipinski definition) is 5. The van der Waals surface area contributed by atoms with Crippen molar-refractivity contribution in [1.82, 2.24) is 10.2 Å². The number of carbonyl (C=O) groups excluding carboxylic acids is 2. The first-order valence-electron chi connectivity index (χ1n) is 13.5. The molecule has 2 atom stereocenters. The minimum absolute atomic E-state index is 0.0436. The molecule has 2 amide bonds. The predicted molar refractivity (Wildman–Crippen MR) is 158 cm³/mol. The molecule has 0 radical (unpaired) electrons. The molecule has 0 saturated carbocycles. The van der Waals surface area contributed by atoms with E-state index in [0.29, 0.717) is 12.4 Å². The Morgan fingerprint density at radius 1 is 0.900 bits per heavy atom. The second-order valence-electron chi connectivity index (χ2n) is 9.67. The van der Waals surface area contributed by atoms with Gasteiger partial charge in [-0.3, -0.25) is 13.9 Å². The molecule has 0 saturated heterocycles. The van der Waals surface area contributed by atoms with E-state index in [9.17, 15) is 18.0 Å². The topological polar surface area (TPSA) is 96.0 Å². The Bertz CT molecular complexity index is 1390. The fourth-order valence-electron chi connectivity index (χ4n) is 4.19. The number of sulfonamides is 1. The van der Waals surface area contributed by atoms with Gasteiger partial charge in [0.1, 0.15) is 18.3 Å². The van der Waals surface area contributed by atoms with Crippen molar-refractivity contribution >= 4 is 27.5 Å². The number of nitrogens with one attached hydrogen (secondary N) is 1. The summed E-state index contributed by atoms with van der Waals surface area (Å²) in [5.74, 6) is -0.477. The highest BCUT2D eigenvalue weighted by molar-refractivity contribution is 7.92. The molecule has 3 rings (SSSR count). The maximum absolute atomic E-state index is 14.1. The minimum atomic E-state index is -4.17. The lowest BCUT2D eigenvalue weighted by Crippen LogP contribution is -2.52. The zero-order chi connectivity index (χ0) is 29.3. The highest BCUT2D eigenvalue weighted by atomic mass is 32.2. The summed E-state index contributed by atoms with van der Waals surface area (Å²) in [5, 5.41) is 2.95. The van der Waals surface area contributed by atoms with Crippen LogP contribution in [-0.2, 0) is 26.2 Å². The fourth-order valence-corrected chi connectivity index (χ4v) is 5.64. The minimum Gasteiger partial charge on any atom is -0.492 e. The third kappa shape index (κ3) is 7.41. The summed E-state index contributed by atoms with van der Waals surface area (Å²) in [6.45, 7) is 9.21. The molecule has 0 fully saturated rings. The van der Waals surface area contributed by atoms with E-state index >= 15 is 0 Å². The molecule has 3 aromatic rings. The van der Waals surface area contributed by atoms with Gasteiger partial charge in [-0.15, -0.1) is 0 Å². The second-order valence-corrected chi connectivity index (χ2v) is 11.5. The lowest BCUT2D eigenvalue weighted by molar-refractivity contribution is -0.139. The Morgan fingerprint density at radius 3 is 2.17 bits per heavy atom. The number of para-hydroxylation sites is 2. The molecule has 0 aliphatic rings. The molecule has 0 aliphatic carbocycles. The molecule has 0 heterocycles. The summed E-state index contributed by atoms with van der Waals surface area (Å²) in [5.41, 5.74) is 2.07. The van der Waals surface area contributed by atoms with E-state index in [2.05, 4.69) is 5.32 Å². The van der Waals surface area contributed by atoms with Gasteiger partial charge in [-0.1, -0.05) is 61.5 Å². The van der Waals surface area contributed by atoms with Gasteiger partial charge in [-0.25, -0.2) is 8.42 Å². The van der Waals surface area contributed by atoms with Gasteiger partial charge in [-0.2, -0.15) is 0 Å². The highest BCUT2D eigenvalue weighted by Crippen LogP contribution is 2.33. The maximum Gasteiger partial charge on any atom is 0.264 e. The first-order valence-corrected chi connectivity index (χ1v) is 15.0. The molecule has 0 bridgehead atoms. The van der Waals surface area contributed by atoms with E-state index in [1.165, 1.54) is 17.0 Å². The predicted octanol–water partition coefficient (Wildman–Crippen LogP) is 4.92. The van der Waals surface area contributed by atoms with Crippen molar-refractivity contribution in [1.29, 1.82) is 0 Å². The number of aryl methyl sites for hydroxylation is 1. The van der Waals surface area contributed by atoms with Crippen molar-refractivity contribution in [3.63, 3.8) is 0 Å². The van der Waals surface area contributed by atoms with Crippen LogP contribution in [0.2, 0.25) is 0 Å². The number of benzene rings is 3. The standard InChI is InChI=1S/C31H39N3O5S/c1-6-24(4)32-31(36)25(5)33(21-26-16-12-11-15-23(26)3)30(35)22-34(28-19-13-14-20-29(28)39-7-2)40(37,38)27-17-9-8-10-18-27/h8-20,24-25H,6-7,21-22H2,1-5H3,(H,32,36)/t24-,25-/m0/s1. The van der Waals surface area contributed by atoms with Crippen molar-refractivity contribution < 1.29 is 22.7 Å². The van der Waals surface area contributed by atoms with Crippen LogP contribution in [0.3, 0.4) is 0 Å². The van der Waals surface area contributed by atoms with Gasteiger partial charge in [0.25, 0.3) is 10.0 Å². The number of carbonyl (C=O) groups is 2. The normalized spacial score (nSPS) is 12.7. The maximum atomic E-state index is 14.1. The van der Waals surface area contributed by atoms with Crippen LogP contribution in [-0.4, -0.2) is 50.4 Å². The van der Waals surface area contributed by atoms with Crippen LogP contribution in [0, 0.1) is 6.92 Å². The van der Waals surface area contributed by atoms with Gasteiger partial charge < -0.3 is 15.0 Å². The van der Waals surface area contributed by atoms with Gasteiger partial charge in [0.15, 0.2) is 0 Å². The molecular weight excluding hydrogens is 526 g/mol. The van der Waals surface area contributed by atoms with Gasteiger partial charge in [0.05, 0.1) is 17.2 Å². The summed E-state index contributed by atoms with van der Waals surface area (Å²) in [4.78, 5) is 28.8. The molecule has 0 aromatic heterocycles. The molecule has 0 unspecified atom stereocenters. The first kappa shape index (κ1) is 30.7. The lowest BCUT2D eigenvalue weighted by Gasteiger charge is -2.33. The Balaban J connectivity index is 2.07. The van der Waals surface area contributed by atoms with Crippen molar-refractivity contribution in [2.75, 3.05) is 17.5 Å². The number of ether oxygens (including phenoxy) is 1. The second kappa shape index (κ2) is 14.0. The van der Waals surface area contributed by atoms with Crippen molar-refractivity contribution in [2.24, 2.45) is 0 Å². The van der Waals surface area contributed by atoms with Crippen LogP contribution in [0.4, 0.5) is 5.69 Å². The summed E-state index contributed by atoms with van der Waals surface area (Å²) in [7, 11) is -4.17. The Kier molecular flexibility index (Phi) is 10.7. The van der Waals surface area contributed by atoms with Crippen molar-refractivity contribution in [3.05, 3.63) is 90.0 Å². The number of rotatable bonds is 13. The summed E-state index contributed by atoms with van der Waals surface area (Å²) in [6.07, 6.45) is 0.738. The summed E-state index contributed by atoms with van der Waals surface area (Å²) < 4.78 is 34.8. The summed E-state index contributed by atoms with van der Waals surface area (Å²) >= 11 is 0. The number of anilines is 1. The van der Waals surface area contributed by atoms with Crippen LogP contribution >= 0.6 is 0 Å². The largest absolute Gasteiger partial charge is 0.492 e. The molecule has 0 aliphatic heterocycles. The monoisotopic (exact) mass is 565 g/mol. The molecule has 40 heavy (non-hydrogen) atoms. The third-order valence-corrected chi connectivity index (χ3v) is 8.59. The lowest BCUT2D eigenvalue weighted by atomic mass is 10.1. The van der Waals surface area contributed by atoms with Gasteiger partial charge in [-0.05, 0) is 69.5 Å². The quantitative estimate of drug-likeness (QED) is 0.317. The number of hydrogen-bond donors (Lipinski definition) is 1. The fraction of sp³-hybridized carbons (Fsp3) is 0.355. The molecule has 8 nitrogen and oxygen atoms in total. The van der Waals surface area contributed by atoms with Gasteiger partial charge in [0, 0.05) is 12.6 Å². The van der Waals surface area contributed by atoms with Crippen LogP contribution in [0.25, 0.3) is 0 Å². The molecule has 9 heteroatoms. The molecule has 214 valence electrons. The average Bonchev–Trinajstić information content (AvgIpc) is 2.96.